The van der Waals surface area contributed by atoms with Crippen LogP contribution < -0.4 is 11.2 Å². The lowest BCUT2D eigenvalue weighted by Crippen LogP contribution is -2.39. The molecule has 0 N–H and O–H groups in total. The van der Waals surface area contributed by atoms with Crippen molar-refractivity contribution in [2.75, 3.05) is 0 Å². The van der Waals surface area contributed by atoms with E-state index < -0.39 is 0 Å². The molecule has 0 spiro atoms. The summed E-state index contributed by atoms with van der Waals surface area (Å²) < 4.78 is 4.25. The Balaban J connectivity index is 2.21. The molecule has 22 heavy (non-hydrogen) atoms. The summed E-state index contributed by atoms with van der Waals surface area (Å²) in [5.74, 6) is 0. The first kappa shape index (κ1) is 15.8. The van der Waals surface area contributed by atoms with Crippen molar-refractivity contribution in [3.05, 3.63) is 37.6 Å². The molecule has 0 fully saturated rings. The average Bonchev–Trinajstić information content (AvgIpc) is 2.86. The number of hydrogen-bond acceptors (Lipinski definition) is 4. The van der Waals surface area contributed by atoms with Crippen molar-refractivity contribution in [1.82, 2.24) is 18.7 Å². The predicted octanol–water partition coefficient (Wildman–Crippen LogP) is 1.30. The van der Waals surface area contributed by atoms with Crippen LogP contribution in [-0.4, -0.2) is 24.7 Å². The number of aryl methyl sites for hydroxylation is 2. The fourth-order valence-corrected chi connectivity index (χ4v) is 2.45. The molecular weight excluding hydrogens is 286 g/mol. The number of imidazole rings is 1. The number of unbranched alkanes of at least 4 members (excludes halogenated alkanes) is 1. The van der Waals surface area contributed by atoms with Crippen LogP contribution in [-0.2, 0) is 20.6 Å². The molecule has 0 saturated heterocycles. The van der Waals surface area contributed by atoms with Crippen LogP contribution in [0.1, 0.15) is 26.2 Å². The van der Waals surface area contributed by atoms with Gasteiger partial charge in [0.1, 0.15) is 0 Å². The van der Waals surface area contributed by atoms with Gasteiger partial charge in [-0.2, -0.15) is 0 Å². The maximum absolute atomic E-state index is 12.4. The zero-order valence-corrected chi connectivity index (χ0v) is 12.9. The maximum Gasteiger partial charge on any atom is 0.332 e. The lowest BCUT2D eigenvalue weighted by atomic mass is 10.1. The van der Waals surface area contributed by atoms with E-state index in [1.165, 1.54) is 15.5 Å². The van der Waals surface area contributed by atoms with Crippen LogP contribution in [0.3, 0.4) is 0 Å². The molecule has 0 unspecified atom stereocenters. The molecule has 2 heterocycles. The largest absolute Gasteiger partial charge is 0.332 e. The summed E-state index contributed by atoms with van der Waals surface area (Å²) in [6.07, 6.45) is 3.70. The van der Waals surface area contributed by atoms with Crippen LogP contribution in [0.25, 0.3) is 21.6 Å². The fourth-order valence-electron chi connectivity index (χ4n) is 2.45. The van der Waals surface area contributed by atoms with Gasteiger partial charge in [0.2, 0.25) is 0 Å². The molecule has 0 aliphatic heterocycles. The monoisotopic (exact) mass is 305 g/mol. The second kappa shape index (κ2) is 6.48. The molecule has 9 nitrogen and oxygen atoms in total. The first-order chi connectivity index (χ1) is 10.5. The molecule has 0 aliphatic carbocycles. The molecular formula is C13H19N7O2. The van der Waals surface area contributed by atoms with E-state index in [0.29, 0.717) is 24.1 Å². The minimum absolute atomic E-state index is 0.0795. The van der Waals surface area contributed by atoms with Gasteiger partial charge in [0.25, 0.3) is 5.56 Å². The van der Waals surface area contributed by atoms with Crippen LogP contribution in [0.15, 0.2) is 21.0 Å². The Hall–Kier alpha value is -2.54. The summed E-state index contributed by atoms with van der Waals surface area (Å²) >= 11 is 0. The molecule has 0 bridgehead atoms. The van der Waals surface area contributed by atoms with Crippen molar-refractivity contribution in [2.45, 2.75) is 38.8 Å². The minimum atomic E-state index is -0.362. The molecule has 118 valence electrons. The van der Waals surface area contributed by atoms with Crippen LogP contribution in [0.2, 0.25) is 0 Å². The molecule has 0 radical (unpaired) electrons. The smallest absolute Gasteiger partial charge is 0.328 e. The first-order valence-electron chi connectivity index (χ1n) is 7.12. The SMILES string of the molecule is C[C@H](CCCCn1c(=O)c2c(ncn2C)n(C)c1=O)N=[N+]=[N-]. The molecule has 1 atom stereocenters. The summed E-state index contributed by atoms with van der Waals surface area (Å²) in [5, 5.41) is 3.60. The van der Waals surface area contributed by atoms with Crippen LogP contribution >= 0.6 is 0 Å². The lowest BCUT2D eigenvalue weighted by molar-refractivity contribution is 0.519. The second-order valence-electron chi connectivity index (χ2n) is 5.38. The van der Waals surface area contributed by atoms with Gasteiger partial charge in [-0.3, -0.25) is 13.9 Å². The van der Waals surface area contributed by atoms with E-state index in [9.17, 15) is 9.59 Å². The molecule has 2 rings (SSSR count). The highest BCUT2D eigenvalue weighted by molar-refractivity contribution is 5.69. The second-order valence-corrected chi connectivity index (χ2v) is 5.38. The van der Waals surface area contributed by atoms with Gasteiger partial charge < -0.3 is 4.57 Å². The molecule has 2 aromatic rings. The first-order valence-corrected chi connectivity index (χ1v) is 7.12. The molecule has 0 aromatic carbocycles. The van der Waals surface area contributed by atoms with Gasteiger partial charge in [-0.25, -0.2) is 9.78 Å². The standard InChI is InChI=1S/C13H19N7O2/c1-9(16-17-14)6-4-5-7-20-12(21)10-11(15-8-18(10)2)19(3)13(20)22/h8-9H,4-7H2,1-3H3/t9-/m1/s1. The molecule has 9 heteroatoms. The van der Waals surface area contributed by atoms with E-state index in [4.69, 9.17) is 5.53 Å². The number of hydrogen-bond donors (Lipinski definition) is 0. The van der Waals surface area contributed by atoms with E-state index in [1.807, 2.05) is 6.92 Å². The highest BCUT2D eigenvalue weighted by Gasteiger charge is 2.14. The van der Waals surface area contributed by atoms with Gasteiger partial charge in [-0.05, 0) is 18.4 Å². The van der Waals surface area contributed by atoms with E-state index in [2.05, 4.69) is 15.0 Å². The quantitative estimate of drug-likeness (QED) is 0.347. The Morgan fingerprint density at radius 3 is 2.77 bits per heavy atom. The third-order valence-electron chi connectivity index (χ3n) is 3.70. The Bertz CT molecular complexity index is 838. The third kappa shape index (κ3) is 2.89. The van der Waals surface area contributed by atoms with Crippen molar-refractivity contribution >= 4 is 11.2 Å². The van der Waals surface area contributed by atoms with E-state index >= 15 is 0 Å². The topological polar surface area (TPSA) is 111 Å². The summed E-state index contributed by atoms with van der Waals surface area (Å²) in [6.45, 7) is 2.18. The Morgan fingerprint density at radius 2 is 2.09 bits per heavy atom. The van der Waals surface area contributed by atoms with Gasteiger partial charge in [-0.15, -0.1) is 0 Å². The van der Waals surface area contributed by atoms with E-state index in [0.717, 1.165) is 12.8 Å². The van der Waals surface area contributed by atoms with Crippen molar-refractivity contribution < 1.29 is 0 Å². The maximum atomic E-state index is 12.4. The van der Waals surface area contributed by atoms with Gasteiger partial charge in [0, 0.05) is 31.6 Å². The van der Waals surface area contributed by atoms with Crippen molar-refractivity contribution in [2.24, 2.45) is 19.2 Å². The van der Waals surface area contributed by atoms with Gasteiger partial charge in [0.05, 0.1) is 6.33 Å². The summed E-state index contributed by atoms with van der Waals surface area (Å²) in [6, 6.07) is -0.0795. The number of aromatic nitrogens is 4. The van der Waals surface area contributed by atoms with Gasteiger partial charge in [-0.1, -0.05) is 18.5 Å². The highest BCUT2D eigenvalue weighted by Crippen LogP contribution is 2.06. The van der Waals surface area contributed by atoms with Crippen molar-refractivity contribution in [3.8, 4) is 0 Å². The number of fused-ring (bicyclic) bond motifs is 1. The Kier molecular flexibility index (Phi) is 4.67. The lowest BCUT2D eigenvalue weighted by Gasteiger charge is -2.09. The summed E-state index contributed by atoms with van der Waals surface area (Å²) in [5.41, 5.74) is 8.48. The highest BCUT2D eigenvalue weighted by atomic mass is 16.2. The molecule has 0 saturated carbocycles. The Morgan fingerprint density at radius 1 is 1.36 bits per heavy atom. The van der Waals surface area contributed by atoms with Gasteiger partial charge in [0.15, 0.2) is 11.2 Å². The van der Waals surface area contributed by atoms with Crippen LogP contribution in [0, 0.1) is 0 Å². The normalized spacial score (nSPS) is 12.3. The summed E-state index contributed by atoms with van der Waals surface area (Å²) in [7, 11) is 3.34. The third-order valence-corrected chi connectivity index (χ3v) is 3.70. The number of rotatable bonds is 6. The van der Waals surface area contributed by atoms with Crippen LogP contribution in [0.4, 0.5) is 0 Å². The Labute approximate surface area is 126 Å². The zero-order valence-electron chi connectivity index (χ0n) is 12.9. The zero-order chi connectivity index (χ0) is 16.3. The number of azide groups is 1. The average molecular weight is 305 g/mol. The molecule has 0 aliphatic rings. The van der Waals surface area contributed by atoms with Gasteiger partial charge >= 0.3 is 5.69 Å². The minimum Gasteiger partial charge on any atom is -0.328 e. The molecule has 0 amide bonds. The van der Waals surface area contributed by atoms with Crippen molar-refractivity contribution in [1.29, 1.82) is 0 Å². The molecule has 2 aromatic heterocycles. The summed E-state index contributed by atoms with van der Waals surface area (Å²) in [4.78, 5) is 31.5. The van der Waals surface area contributed by atoms with E-state index in [-0.39, 0.29) is 17.3 Å². The number of nitrogens with zero attached hydrogens (tertiary/aromatic N) is 7. The predicted molar refractivity (Wildman–Crippen MR) is 82.7 cm³/mol. The van der Waals surface area contributed by atoms with Crippen molar-refractivity contribution in [3.63, 3.8) is 0 Å². The fraction of sp³-hybridized carbons (Fsp3) is 0.615. The van der Waals surface area contributed by atoms with Crippen LogP contribution in [0.5, 0.6) is 0 Å². The van der Waals surface area contributed by atoms with E-state index in [1.54, 1.807) is 18.7 Å².